The van der Waals surface area contributed by atoms with Gasteiger partial charge in [0, 0.05) is 11.6 Å². The average molecular weight is 190 g/mol. The Bertz CT molecular complexity index is 510. The van der Waals surface area contributed by atoms with Crippen molar-refractivity contribution in [2.75, 3.05) is 0 Å². The zero-order valence-electron chi connectivity index (χ0n) is 7.01. The van der Waals surface area contributed by atoms with Gasteiger partial charge in [-0.1, -0.05) is 12.1 Å². The molecule has 2 aromatic rings. The third-order valence-corrected chi connectivity index (χ3v) is 1.78. The Morgan fingerprint density at radius 1 is 1.36 bits per heavy atom. The van der Waals surface area contributed by atoms with Gasteiger partial charge in [-0.15, -0.1) is 0 Å². The standard InChI is InChI=1S/C9H6N2O3/c12-6-3-1-2-5-4-10-8(9(13)14)11-7(5)6/h1-4,12H,(H,13,14). The van der Waals surface area contributed by atoms with Crippen LogP contribution in [0.25, 0.3) is 10.9 Å². The number of carboxylic acid groups (broad SMARTS) is 1. The van der Waals surface area contributed by atoms with E-state index in [1.54, 1.807) is 12.1 Å². The van der Waals surface area contributed by atoms with E-state index in [0.29, 0.717) is 5.39 Å². The Balaban J connectivity index is 2.76. The van der Waals surface area contributed by atoms with Crippen LogP contribution in [0.15, 0.2) is 24.4 Å². The van der Waals surface area contributed by atoms with Crippen molar-refractivity contribution < 1.29 is 15.0 Å². The number of phenolic OH excluding ortho intramolecular Hbond substituents is 1. The number of hydrogen-bond acceptors (Lipinski definition) is 4. The molecule has 0 fully saturated rings. The van der Waals surface area contributed by atoms with Crippen molar-refractivity contribution in [3.05, 3.63) is 30.2 Å². The second-order valence-corrected chi connectivity index (χ2v) is 2.71. The number of rotatable bonds is 1. The third kappa shape index (κ3) is 1.24. The van der Waals surface area contributed by atoms with Gasteiger partial charge in [0.1, 0.15) is 11.3 Å². The third-order valence-electron chi connectivity index (χ3n) is 1.78. The fourth-order valence-corrected chi connectivity index (χ4v) is 1.14. The van der Waals surface area contributed by atoms with E-state index in [9.17, 15) is 9.90 Å². The number of fused-ring (bicyclic) bond motifs is 1. The minimum Gasteiger partial charge on any atom is -0.506 e. The molecule has 0 bridgehead atoms. The Morgan fingerprint density at radius 2 is 2.14 bits per heavy atom. The summed E-state index contributed by atoms with van der Waals surface area (Å²) < 4.78 is 0. The second kappa shape index (κ2) is 2.95. The lowest BCUT2D eigenvalue weighted by molar-refractivity contribution is 0.0684. The van der Waals surface area contributed by atoms with Gasteiger partial charge in [-0.2, -0.15) is 0 Å². The molecular weight excluding hydrogens is 184 g/mol. The molecule has 0 atom stereocenters. The van der Waals surface area contributed by atoms with Gasteiger partial charge in [-0.05, 0) is 6.07 Å². The minimum atomic E-state index is -1.21. The number of para-hydroxylation sites is 1. The number of aromatic nitrogens is 2. The maximum Gasteiger partial charge on any atom is 0.373 e. The molecule has 0 aliphatic carbocycles. The Hall–Kier alpha value is -2.17. The van der Waals surface area contributed by atoms with Crippen molar-refractivity contribution in [3.8, 4) is 5.75 Å². The molecule has 0 saturated carbocycles. The maximum atomic E-state index is 10.5. The molecule has 1 heterocycles. The molecule has 1 aromatic heterocycles. The molecule has 70 valence electrons. The van der Waals surface area contributed by atoms with Crippen LogP contribution in [-0.4, -0.2) is 26.2 Å². The molecule has 0 radical (unpaired) electrons. The number of nitrogens with zero attached hydrogens (tertiary/aromatic N) is 2. The van der Waals surface area contributed by atoms with E-state index in [1.165, 1.54) is 12.3 Å². The molecule has 2 rings (SSSR count). The first kappa shape index (κ1) is 8.43. The summed E-state index contributed by atoms with van der Waals surface area (Å²) >= 11 is 0. The molecule has 0 amide bonds. The summed E-state index contributed by atoms with van der Waals surface area (Å²) in [6, 6.07) is 4.78. The predicted octanol–water partition coefficient (Wildman–Crippen LogP) is 1.03. The van der Waals surface area contributed by atoms with Crippen LogP contribution in [0.5, 0.6) is 5.75 Å². The van der Waals surface area contributed by atoms with Gasteiger partial charge in [0.15, 0.2) is 0 Å². The van der Waals surface area contributed by atoms with Crippen molar-refractivity contribution in [1.82, 2.24) is 9.97 Å². The van der Waals surface area contributed by atoms with Gasteiger partial charge in [0.25, 0.3) is 0 Å². The number of benzene rings is 1. The molecule has 0 aliphatic heterocycles. The molecule has 2 N–H and O–H groups in total. The molecule has 5 nitrogen and oxygen atoms in total. The van der Waals surface area contributed by atoms with Crippen molar-refractivity contribution in [1.29, 1.82) is 0 Å². The number of carbonyl (C=O) groups is 1. The fourth-order valence-electron chi connectivity index (χ4n) is 1.14. The van der Waals surface area contributed by atoms with Gasteiger partial charge in [0.05, 0.1) is 0 Å². The lowest BCUT2D eigenvalue weighted by Gasteiger charge is -1.99. The summed E-state index contributed by atoms with van der Waals surface area (Å²) in [6.45, 7) is 0. The van der Waals surface area contributed by atoms with Crippen molar-refractivity contribution >= 4 is 16.9 Å². The fraction of sp³-hybridized carbons (Fsp3) is 0. The zero-order valence-corrected chi connectivity index (χ0v) is 7.01. The largest absolute Gasteiger partial charge is 0.506 e. The van der Waals surface area contributed by atoms with Crippen LogP contribution < -0.4 is 0 Å². The SMILES string of the molecule is O=C(O)c1ncc2cccc(O)c2n1. The lowest BCUT2D eigenvalue weighted by atomic mass is 10.2. The van der Waals surface area contributed by atoms with Crippen LogP contribution in [0.4, 0.5) is 0 Å². The smallest absolute Gasteiger partial charge is 0.373 e. The molecule has 0 unspecified atom stereocenters. The van der Waals surface area contributed by atoms with Gasteiger partial charge >= 0.3 is 5.97 Å². The van der Waals surface area contributed by atoms with Gasteiger partial charge < -0.3 is 10.2 Å². The normalized spacial score (nSPS) is 10.3. The van der Waals surface area contributed by atoms with Crippen LogP contribution in [0.3, 0.4) is 0 Å². The monoisotopic (exact) mass is 190 g/mol. The zero-order chi connectivity index (χ0) is 10.1. The van der Waals surface area contributed by atoms with Crippen molar-refractivity contribution in [3.63, 3.8) is 0 Å². The van der Waals surface area contributed by atoms with Crippen LogP contribution >= 0.6 is 0 Å². The molecular formula is C9H6N2O3. The van der Waals surface area contributed by atoms with Crippen LogP contribution in [0.2, 0.25) is 0 Å². The molecule has 0 spiro atoms. The topological polar surface area (TPSA) is 83.3 Å². The summed E-state index contributed by atoms with van der Waals surface area (Å²) in [5, 5.41) is 18.6. The van der Waals surface area contributed by atoms with E-state index in [4.69, 9.17) is 5.11 Å². The Morgan fingerprint density at radius 3 is 2.86 bits per heavy atom. The van der Waals surface area contributed by atoms with E-state index in [-0.39, 0.29) is 17.1 Å². The van der Waals surface area contributed by atoms with E-state index in [2.05, 4.69) is 9.97 Å². The summed E-state index contributed by atoms with van der Waals surface area (Å²) in [5.74, 6) is -1.58. The predicted molar refractivity (Wildman–Crippen MR) is 48.2 cm³/mol. The number of hydrogen-bond donors (Lipinski definition) is 2. The Labute approximate surface area is 78.7 Å². The first-order chi connectivity index (χ1) is 6.68. The first-order valence-corrected chi connectivity index (χ1v) is 3.86. The first-order valence-electron chi connectivity index (χ1n) is 3.86. The summed E-state index contributed by atoms with van der Waals surface area (Å²) in [7, 11) is 0. The van der Waals surface area contributed by atoms with E-state index < -0.39 is 5.97 Å². The minimum absolute atomic E-state index is 0.0487. The molecule has 1 aromatic carbocycles. The van der Waals surface area contributed by atoms with E-state index in [1.807, 2.05) is 0 Å². The van der Waals surface area contributed by atoms with Gasteiger partial charge in [-0.25, -0.2) is 14.8 Å². The summed E-state index contributed by atoms with van der Waals surface area (Å²) in [6.07, 6.45) is 1.37. The van der Waals surface area contributed by atoms with E-state index >= 15 is 0 Å². The van der Waals surface area contributed by atoms with Crippen LogP contribution in [0, 0.1) is 0 Å². The summed E-state index contributed by atoms with van der Waals surface area (Å²) in [5.41, 5.74) is 0.250. The molecule has 14 heavy (non-hydrogen) atoms. The maximum absolute atomic E-state index is 10.5. The summed E-state index contributed by atoms with van der Waals surface area (Å²) in [4.78, 5) is 17.9. The number of aromatic carboxylic acids is 1. The van der Waals surface area contributed by atoms with Gasteiger partial charge in [-0.3, -0.25) is 0 Å². The number of aromatic hydroxyl groups is 1. The average Bonchev–Trinajstić information content (AvgIpc) is 2.18. The quantitative estimate of drug-likeness (QED) is 0.701. The second-order valence-electron chi connectivity index (χ2n) is 2.71. The van der Waals surface area contributed by atoms with Gasteiger partial charge in [0.2, 0.25) is 5.82 Å². The lowest BCUT2D eigenvalue weighted by Crippen LogP contribution is -2.03. The number of phenols is 1. The van der Waals surface area contributed by atoms with E-state index in [0.717, 1.165) is 0 Å². The van der Waals surface area contributed by atoms with Crippen molar-refractivity contribution in [2.24, 2.45) is 0 Å². The molecule has 5 heteroatoms. The molecule has 0 aliphatic rings. The highest BCUT2D eigenvalue weighted by Gasteiger charge is 2.08. The number of carboxylic acids is 1. The van der Waals surface area contributed by atoms with Crippen LogP contribution in [0.1, 0.15) is 10.6 Å². The highest BCUT2D eigenvalue weighted by Crippen LogP contribution is 2.20. The van der Waals surface area contributed by atoms with Crippen molar-refractivity contribution in [2.45, 2.75) is 0 Å². The Kier molecular flexibility index (Phi) is 1.78. The highest BCUT2D eigenvalue weighted by molar-refractivity contribution is 5.89. The highest BCUT2D eigenvalue weighted by atomic mass is 16.4. The van der Waals surface area contributed by atoms with Crippen LogP contribution in [-0.2, 0) is 0 Å². The molecule has 0 saturated heterocycles.